The van der Waals surface area contributed by atoms with E-state index in [1.165, 1.54) is 7.05 Å². The molecule has 0 saturated carbocycles. The first-order chi connectivity index (χ1) is 10.1. The number of nitrogens with one attached hydrogen (secondary N) is 1. The molecule has 0 amide bonds. The van der Waals surface area contributed by atoms with E-state index in [4.69, 9.17) is 14.5 Å². The molecule has 2 rings (SSSR count). The third kappa shape index (κ3) is 3.52. The summed E-state index contributed by atoms with van der Waals surface area (Å²) in [6, 6.07) is 0. The van der Waals surface area contributed by atoms with Crippen LogP contribution in [0.3, 0.4) is 0 Å². The second kappa shape index (κ2) is 6.05. The molecule has 4 atom stereocenters. The molecule has 124 valence electrons. The van der Waals surface area contributed by atoms with Gasteiger partial charge < -0.3 is 29.3 Å². The molecule has 5 N–H and O–H groups in total. The van der Waals surface area contributed by atoms with Crippen molar-refractivity contribution in [2.24, 2.45) is 7.05 Å². The fraction of sp³-hybridized carbons (Fsp3) is 0.600. The van der Waals surface area contributed by atoms with Crippen molar-refractivity contribution in [2.45, 2.75) is 24.4 Å². The van der Waals surface area contributed by atoms with Gasteiger partial charge in [-0.2, -0.15) is 0 Å². The van der Waals surface area contributed by atoms with E-state index in [0.717, 1.165) is 10.8 Å². The molecule has 1 aliphatic rings. The zero-order valence-electron chi connectivity index (χ0n) is 11.3. The largest absolute Gasteiger partial charge is 0.469 e. The molecule has 1 aromatic heterocycles. The second-order valence-corrected chi connectivity index (χ2v) is 6.06. The molecule has 22 heavy (non-hydrogen) atoms. The summed E-state index contributed by atoms with van der Waals surface area (Å²) in [7, 11) is -3.40. The molecule has 12 heteroatoms. The van der Waals surface area contributed by atoms with E-state index in [9.17, 15) is 24.4 Å². The highest BCUT2D eigenvalue weighted by Crippen LogP contribution is 2.38. The Morgan fingerprint density at radius 2 is 2.00 bits per heavy atom. The number of phosphoric ester groups is 1. The van der Waals surface area contributed by atoms with Gasteiger partial charge in [-0.25, -0.2) is 9.36 Å². The number of aryl methyl sites for hydroxylation is 1. The van der Waals surface area contributed by atoms with Crippen LogP contribution in [-0.4, -0.2) is 54.5 Å². The lowest BCUT2D eigenvalue weighted by Crippen LogP contribution is -2.35. The second-order valence-electron chi connectivity index (χ2n) is 4.82. The van der Waals surface area contributed by atoms with E-state index in [1.807, 2.05) is 4.98 Å². The number of phosphoric acid groups is 1. The first kappa shape index (κ1) is 17.0. The van der Waals surface area contributed by atoms with Crippen molar-refractivity contribution < 1.29 is 33.8 Å². The molecule has 1 aliphatic heterocycles. The third-order valence-electron chi connectivity index (χ3n) is 3.21. The topological polar surface area (TPSA) is 171 Å². The zero-order valence-corrected chi connectivity index (χ0v) is 12.2. The summed E-state index contributed by atoms with van der Waals surface area (Å²) in [4.78, 5) is 42.3. The zero-order chi connectivity index (χ0) is 16.7. The van der Waals surface area contributed by atoms with Crippen LogP contribution < -0.4 is 11.2 Å². The van der Waals surface area contributed by atoms with Gasteiger partial charge >= 0.3 is 13.5 Å². The predicted molar refractivity (Wildman–Crippen MR) is 69.9 cm³/mol. The van der Waals surface area contributed by atoms with Gasteiger partial charge in [0.05, 0.1) is 12.2 Å². The van der Waals surface area contributed by atoms with Crippen LogP contribution in [0.2, 0.25) is 0 Å². The SMILES string of the molecule is Cn1cc([C@@H]2O[C@H](COP(=O)(O)O)C(O)[C@H]2O)c(=O)[nH]c1=O. The van der Waals surface area contributed by atoms with Gasteiger partial charge in [0.2, 0.25) is 0 Å². The average Bonchev–Trinajstić information content (AvgIpc) is 2.68. The Morgan fingerprint density at radius 1 is 1.36 bits per heavy atom. The van der Waals surface area contributed by atoms with Crippen molar-refractivity contribution in [3.63, 3.8) is 0 Å². The maximum absolute atomic E-state index is 11.8. The highest BCUT2D eigenvalue weighted by atomic mass is 31.2. The quantitative estimate of drug-likeness (QED) is 0.367. The van der Waals surface area contributed by atoms with Crippen LogP contribution in [0.25, 0.3) is 0 Å². The number of nitrogens with zero attached hydrogens (tertiary/aromatic N) is 1. The molecule has 1 aromatic rings. The number of hydrogen-bond donors (Lipinski definition) is 5. The van der Waals surface area contributed by atoms with Gasteiger partial charge in [0.25, 0.3) is 5.56 Å². The van der Waals surface area contributed by atoms with E-state index in [1.54, 1.807) is 0 Å². The van der Waals surface area contributed by atoms with Gasteiger partial charge in [-0.15, -0.1) is 0 Å². The Balaban J connectivity index is 2.23. The fourth-order valence-electron chi connectivity index (χ4n) is 2.10. The van der Waals surface area contributed by atoms with Crippen LogP contribution in [0, 0.1) is 0 Å². The van der Waals surface area contributed by atoms with E-state index >= 15 is 0 Å². The molecular formula is C10H15N2O9P. The number of aromatic nitrogens is 2. The van der Waals surface area contributed by atoms with Crippen molar-refractivity contribution in [2.75, 3.05) is 6.61 Å². The number of hydrogen-bond acceptors (Lipinski definition) is 7. The summed E-state index contributed by atoms with van der Waals surface area (Å²) in [5.74, 6) is 0. The highest BCUT2D eigenvalue weighted by Gasteiger charge is 2.45. The van der Waals surface area contributed by atoms with Crippen LogP contribution >= 0.6 is 7.82 Å². The van der Waals surface area contributed by atoms with Gasteiger partial charge in [0.15, 0.2) is 0 Å². The number of rotatable bonds is 4. The summed E-state index contributed by atoms with van der Waals surface area (Å²) in [6.45, 7) is -0.678. The van der Waals surface area contributed by atoms with E-state index in [-0.39, 0.29) is 5.56 Å². The van der Waals surface area contributed by atoms with Crippen molar-refractivity contribution in [1.82, 2.24) is 9.55 Å². The summed E-state index contributed by atoms with van der Waals surface area (Å²) in [5.41, 5.74) is -1.56. The molecule has 0 aliphatic carbocycles. The Labute approximate surface area is 123 Å². The number of aromatic amines is 1. The van der Waals surface area contributed by atoms with Gasteiger partial charge in [-0.3, -0.25) is 14.3 Å². The molecule has 11 nitrogen and oxygen atoms in total. The third-order valence-corrected chi connectivity index (χ3v) is 3.70. The minimum Gasteiger partial charge on any atom is -0.387 e. The molecule has 1 saturated heterocycles. The standard InChI is InChI=1S/C10H15N2O9P/c1-12-2-4(9(15)11-10(12)16)8-7(14)6(13)5(21-8)3-20-22(17,18)19/h2,5-8,13-14H,3H2,1H3,(H,11,15,16)(H2,17,18,19)/t5-,6?,7-,8+/m1/s1. The predicted octanol–water partition coefficient (Wildman–Crippen LogP) is -2.66. The monoisotopic (exact) mass is 338 g/mol. The lowest BCUT2D eigenvalue weighted by molar-refractivity contribution is -0.0229. The highest BCUT2D eigenvalue weighted by molar-refractivity contribution is 7.46. The minimum absolute atomic E-state index is 0.104. The summed E-state index contributed by atoms with van der Waals surface area (Å²) < 4.78 is 21.2. The van der Waals surface area contributed by atoms with Crippen molar-refractivity contribution in [1.29, 1.82) is 0 Å². The van der Waals surface area contributed by atoms with Crippen LogP contribution in [0.4, 0.5) is 0 Å². The Morgan fingerprint density at radius 3 is 2.59 bits per heavy atom. The lowest BCUT2D eigenvalue weighted by Gasteiger charge is -2.14. The first-order valence-electron chi connectivity index (χ1n) is 6.11. The number of aliphatic hydroxyl groups is 2. The van der Waals surface area contributed by atoms with E-state index in [0.29, 0.717) is 0 Å². The molecule has 2 heterocycles. The molecule has 1 fully saturated rings. The lowest BCUT2D eigenvalue weighted by atomic mass is 10.0. The smallest absolute Gasteiger partial charge is 0.387 e. The Bertz CT molecular complexity index is 707. The van der Waals surface area contributed by atoms with Gasteiger partial charge in [0.1, 0.15) is 24.4 Å². The van der Waals surface area contributed by atoms with Crippen molar-refractivity contribution in [3.05, 3.63) is 32.6 Å². The molecular weight excluding hydrogens is 323 g/mol. The molecule has 1 unspecified atom stereocenters. The maximum Gasteiger partial charge on any atom is 0.469 e. The molecule has 0 bridgehead atoms. The van der Waals surface area contributed by atoms with Crippen LogP contribution in [0.5, 0.6) is 0 Å². The fourth-order valence-corrected chi connectivity index (χ4v) is 2.44. The first-order valence-corrected chi connectivity index (χ1v) is 7.64. The van der Waals surface area contributed by atoms with Crippen LogP contribution in [0.1, 0.15) is 11.7 Å². The summed E-state index contributed by atoms with van der Waals surface area (Å²) in [6.07, 6.45) is -4.41. The normalized spacial score (nSPS) is 29.0. The van der Waals surface area contributed by atoms with E-state index in [2.05, 4.69) is 4.52 Å². The van der Waals surface area contributed by atoms with Gasteiger partial charge in [-0.1, -0.05) is 0 Å². The number of aliphatic hydroxyl groups excluding tert-OH is 2. The van der Waals surface area contributed by atoms with Crippen molar-refractivity contribution in [3.8, 4) is 0 Å². The average molecular weight is 338 g/mol. The Hall–Kier alpha value is -1.33. The maximum atomic E-state index is 11.8. The van der Waals surface area contributed by atoms with Gasteiger partial charge in [0, 0.05) is 13.2 Å². The number of H-pyrrole nitrogens is 1. The van der Waals surface area contributed by atoms with Crippen LogP contribution in [0.15, 0.2) is 15.8 Å². The summed E-state index contributed by atoms with van der Waals surface area (Å²) >= 11 is 0. The molecule has 0 spiro atoms. The summed E-state index contributed by atoms with van der Waals surface area (Å²) in [5, 5.41) is 19.7. The Kier molecular flexibility index (Phi) is 4.68. The van der Waals surface area contributed by atoms with Crippen LogP contribution in [-0.2, 0) is 20.9 Å². The van der Waals surface area contributed by atoms with E-state index < -0.39 is 50.1 Å². The minimum atomic E-state index is -4.77. The van der Waals surface area contributed by atoms with Gasteiger partial charge in [-0.05, 0) is 0 Å². The number of ether oxygens (including phenoxy) is 1. The molecule has 0 radical (unpaired) electrons. The van der Waals surface area contributed by atoms with Crippen molar-refractivity contribution >= 4 is 7.82 Å². The molecule has 0 aromatic carbocycles.